The van der Waals surface area contributed by atoms with Gasteiger partial charge in [0.2, 0.25) is 5.91 Å². The van der Waals surface area contributed by atoms with Crippen LogP contribution in [0.3, 0.4) is 0 Å². The molecular weight excluding hydrogens is 372 g/mol. The molecule has 28 heavy (non-hydrogen) atoms. The molecule has 0 radical (unpaired) electrons. The molecule has 0 spiro atoms. The molecular formula is C20H20N6OS. The van der Waals surface area contributed by atoms with Gasteiger partial charge in [-0.25, -0.2) is 9.97 Å². The molecule has 2 heterocycles. The third-order valence-corrected chi connectivity index (χ3v) is 5.30. The minimum absolute atomic E-state index is 0.145. The summed E-state index contributed by atoms with van der Waals surface area (Å²) in [6, 6.07) is 15.8. The molecule has 0 aliphatic rings. The van der Waals surface area contributed by atoms with Crippen molar-refractivity contribution in [3.63, 3.8) is 0 Å². The lowest BCUT2D eigenvalue weighted by molar-refractivity contribution is -0.113. The first-order chi connectivity index (χ1) is 13.5. The number of aromatic nitrogens is 3. The zero-order chi connectivity index (χ0) is 19.7. The van der Waals surface area contributed by atoms with Crippen molar-refractivity contribution in [3.05, 3.63) is 48.5 Å². The van der Waals surface area contributed by atoms with Crippen molar-refractivity contribution in [1.29, 1.82) is 0 Å². The highest BCUT2D eigenvalue weighted by Crippen LogP contribution is 2.30. The van der Waals surface area contributed by atoms with E-state index in [1.807, 2.05) is 30.3 Å². The van der Waals surface area contributed by atoms with Gasteiger partial charge in [0, 0.05) is 34.6 Å². The Hall–Kier alpha value is -3.26. The Morgan fingerprint density at radius 3 is 2.50 bits per heavy atom. The maximum absolute atomic E-state index is 12.4. The van der Waals surface area contributed by atoms with Gasteiger partial charge < -0.3 is 21.4 Å². The molecule has 0 bridgehead atoms. The summed E-state index contributed by atoms with van der Waals surface area (Å²) < 4.78 is 2.25. The number of para-hydroxylation sites is 1. The topological polar surface area (TPSA) is 112 Å². The number of thioether (sulfide) groups is 1. The minimum atomic E-state index is -0.145. The molecule has 4 aromatic rings. The summed E-state index contributed by atoms with van der Waals surface area (Å²) in [6.07, 6.45) is 0. The van der Waals surface area contributed by atoms with Gasteiger partial charge >= 0.3 is 0 Å². The summed E-state index contributed by atoms with van der Waals surface area (Å²) in [6.45, 7) is 2.97. The summed E-state index contributed by atoms with van der Waals surface area (Å²) in [5.74, 6) is 0.590. The highest BCUT2D eigenvalue weighted by atomic mass is 32.2. The Morgan fingerprint density at radius 2 is 1.75 bits per heavy atom. The van der Waals surface area contributed by atoms with Gasteiger partial charge in [-0.1, -0.05) is 36.0 Å². The number of carbonyl (C=O) groups excluding carboxylic acids is 1. The van der Waals surface area contributed by atoms with E-state index in [4.69, 9.17) is 11.5 Å². The summed E-state index contributed by atoms with van der Waals surface area (Å²) in [7, 11) is 0. The van der Waals surface area contributed by atoms with Crippen molar-refractivity contribution in [2.24, 2.45) is 0 Å². The highest BCUT2D eigenvalue weighted by Gasteiger charge is 2.11. The van der Waals surface area contributed by atoms with Crippen LogP contribution in [0.4, 0.5) is 17.3 Å². The molecule has 0 fully saturated rings. The van der Waals surface area contributed by atoms with Crippen molar-refractivity contribution in [2.75, 3.05) is 22.5 Å². The number of rotatable bonds is 5. The predicted octanol–water partition coefficient (Wildman–Crippen LogP) is 3.50. The SMILES string of the molecule is CCn1c2ccccc2c2ccc(NC(=O)CSc3nc(N)cc(N)n3)cc21. The lowest BCUT2D eigenvalue weighted by Gasteiger charge is -2.07. The van der Waals surface area contributed by atoms with Gasteiger partial charge in [0.15, 0.2) is 5.16 Å². The van der Waals surface area contributed by atoms with Crippen LogP contribution < -0.4 is 16.8 Å². The Balaban J connectivity index is 1.54. The van der Waals surface area contributed by atoms with E-state index in [1.165, 1.54) is 34.1 Å². The second kappa shape index (κ2) is 7.40. The van der Waals surface area contributed by atoms with Crippen molar-refractivity contribution >= 4 is 56.8 Å². The molecule has 4 rings (SSSR count). The average Bonchev–Trinajstić information content (AvgIpc) is 2.98. The van der Waals surface area contributed by atoms with E-state index in [0.717, 1.165) is 17.7 Å². The molecule has 142 valence electrons. The normalized spacial score (nSPS) is 11.2. The number of nitrogens with zero attached hydrogens (tertiary/aromatic N) is 3. The van der Waals surface area contributed by atoms with Crippen LogP contribution >= 0.6 is 11.8 Å². The Kier molecular flexibility index (Phi) is 4.79. The number of aryl methyl sites for hydroxylation is 1. The van der Waals surface area contributed by atoms with Crippen LogP contribution in [0.15, 0.2) is 53.7 Å². The van der Waals surface area contributed by atoms with Crippen LogP contribution in [0.5, 0.6) is 0 Å². The number of nitrogens with one attached hydrogen (secondary N) is 1. The summed E-state index contributed by atoms with van der Waals surface area (Å²) >= 11 is 1.19. The average molecular weight is 392 g/mol. The van der Waals surface area contributed by atoms with E-state index in [2.05, 4.69) is 38.9 Å². The molecule has 8 heteroatoms. The van der Waals surface area contributed by atoms with Crippen molar-refractivity contribution < 1.29 is 4.79 Å². The van der Waals surface area contributed by atoms with Gasteiger partial charge in [0.1, 0.15) is 11.6 Å². The molecule has 2 aromatic heterocycles. The van der Waals surface area contributed by atoms with Crippen molar-refractivity contribution in [1.82, 2.24) is 14.5 Å². The second-order valence-electron chi connectivity index (χ2n) is 6.33. The van der Waals surface area contributed by atoms with E-state index in [9.17, 15) is 4.79 Å². The lowest BCUT2D eigenvalue weighted by Crippen LogP contribution is -2.14. The first-order valence-corrected chi connectivity index (χ1v) is 9.87. The molecule has 7 nitrogen and oxygen atoms in total. The number of amides is 1. The van der Waals surface area contributed by atoms with Gasteiger partial charge in [-0.15, -0.1) is 0 Å². The third-order valence-electron chi connectivity index (χ3n) is 4.45. The Labute approximate surface area is 166 Å². The van der Waals surface area contributed by atoms with Crippen molar-refractivity contribution in [3.8, 4) is 0 Å². The third kappa shape index (κ3) is 3.46. The maximum Gasteiger partial charge on any atom is 0.234 e. The molecule has 1 amide bonds. The number of carbonyl (C=O) groups is 1. The number of nitrogen functional groups attached to an aromatic ring is 2. The number of fused-ring (bicyclic) bond motifs is 3. The van der Waals surface area contributed by atoms with Crippen LogP contribution in [0.2, 0.25) is 0 Å². The fraction of sp³-hybridized carbons (Fsp3) is 0.150. The van der Waals surface area contributed by atoms with E-state index in [1.54, 1.807) is 0 Å². The van der Waals surface area contributed by atoms with E-state index < -0.39 is 0 Å². The fourth-order valence-electron chi connectivity index (χ4n) is 3.32. The van der Waals surface area contributed by atoms with Crippen LogP contribution in [0, 0.1) is 0 Å². The summed E-state index contributed by atoms with van der Waals surface area (Å²) in [5, 5.41) is 5.71. The van der Waals surface area contributed by atoms with Gasteiger partial charge in [-0.05, 0) is 25.1 Å². The molecule has 5 N–H and O–H groups in total. The Morgan fingerprint density at radius 1 is 1.04 bits per heavy atom. The molecule has 0 atom stereocenters. The molecule has 0 saturated carbocycles. The summed E-state index contributed by atoms with van der Waals surface area (Å²) in [5.41, 5.74) is 14.4. The Bertz CT molecular complexity index is 1170. The number of anilines is 3. The summed E-state index contributed by atoms with van der Waals surface area (Å²) in [4.78, 5) is 20.5. The molecule has 2 aromatic carbocycles. The second-order valence-corrected chi connectivity index (χ2v) is 7.27. The van der Waals surface area contributed by atoms with Gasteiger partial charge in [-0.2, -0.15) is 0 Å². The van der Waals surface area contributed by atoms with E-state index in [-0.39, 0.29) is 23.3 Å². The smallest absolute Gasteiger partial charge is 0.234 e. The first-order valence-electron chi connectivity index (χ1n) is 8.89. The van der Waals surface area contributed by atoms with Crippen LogP contribution in [0.1, 0.15) is 6.92 Å². The molecule has 0 saturated heterocycles. The highest BCUT2D eigenvalue weighted by molar-refractivity contribution is 7.99. The largest absolute Gasteiger partial charge is 0.383 e. The number of hydrogen-bond donors (Lipinski definition) is 3. The zero-order valence-electron chi connectivity index (χ0n) is 15.3. The quantitative estimate of drug-likeness (QED) is 0.354. The zero-order valence-corrected chi connectivity index (χ0v) is 16.2. The van der Waals surface area contributed by atoms with Gasteiger partial charge in [0.25, 0.3) is 0 Å². The minimum Gasteiger partial charge on any atom is -0.383 e. The lowest BCUT2D eigenvalue weighted by atomic mass is 10.1. The predicted molar refractivity (Wildman–Crippen MR) is 115 cm³/mol. The van der Waals surface area contributed by atoms with E-state index >= 15 is 0 Å². The fourth-order valence-corrected chi connectivity index (χ4v) is 3.99. The molecule has 0 aliphatic heterocycles. The van der Waals surface area contributed by atoms with Crippen LogP contribution in [-0.2, 0) is 11.3 Å². The van der Waals surface area contributed by atoms with Crippen LogP contribution in [-0.4, -0.2) is 26.2 Å². The number of nitrogens with two attached hydrogens (primary N) is 2. The monoisotopic (exact) mass is 392 g/mol. The van der Waals surface area contributed by atoms with Crippen molar-refractivity contribution in [2.45, 2.75) is 18.6 Å². The first kappa shape index (κ1) is 18.1. The van der Waals surface area contributed by atoms with Gasteiger partial charge in [0.05, 0.1) is 11.3 Å². The molecule has 0 unspecified atom stereocenters. The van der Waals surface area contributed by atoms with E-state index in [0.29, 0.717) is 5.16 Å². The maximum atomic E-state index is 12.4. The van der Waals surface area contributed by atoms with Crippen LogP contribution in [0.25, 0.3) is 21.8 Å². The number of hydrogen-bond acceptors (Lipinski definition) is 6. The molecule has 0 aliphatic carbocycles. The van der Waals surface area contributed by atoms with Gasteiger partial charge in [-0.3, -0.25) is 4.79 Å². The standard InChI is InChI=1S/C20H20N6OS/c1-2-26-15-6-4-3-5-13(15)14-8-7-12(9-16(14)26)23-19(27)11-28-20-24-17(21)10-18(22)25-20/h3-10H,2,11H2,1H3,(H,23,27)(H4,21,22,24,25). The number of benzene rings is 2.